The zero-order valence-electron chi connectivity index (χ0n) is 33.5. The molecule has 8 amide bonds. The second-order valence-electron chi connectivity index (χ2n) is 15.1. The summed E-state index contributed by atoms with van der Waals surface area (Å²) in [5, 5.41) is 11.8. The van der Waals surface area contributed by atoms with Gasteiger partial charge in [-0.3, -0.25) is 18.4 Å². The van der Waals surface area contributed by atoms with Crippen molar-refractivity contribution in [3.8, 4) is 24.7 Å². The summed E-state index contributed by atoms with van der Waals surface area (Å²) in [4.78, 5) is 76.4. The van der Waals surface area contributed by atoms with Gasteiger partial charge in [0.2, 0.25) is 0 Å². The number of benzene rings is 2. The summed E-state index contributed by atoms with van der Waals surface area (Å²) < 4.78 is 3.45. The Labute approximate surface area is 356 Å². The molecule has 10 rings (SSSR count). The third kappa shape index (κ3) is 7.71. The van der Waals surface area contributed by atoms with E-state index in [4.69, 9.17) is 18.6 Å². The van der Waals surface area contributed by atoms with E-state index < -0.39 is 17.1 Å². The number of urea groups is 3. The zero-order valence-corrected chi connectivity index (χ0v) is 33.5. The van der Waals surface area contributed by atoms with Crippen LogP contribution < -0.4 is 36.8 Å². The maximum absolute atomic E-state index is 13.3. The molecule has 0 unspecified atom stereocenters. The molecule has 6 N–H and O–H groups in total. The average molecular weight is 831 g/mol. The summed E-state index contributed by atoms with van der Waals surface area (Å²) >= 11 is 0. The number of carbonyl (C=O) groups excluding carboxylic acids is 5. The molecule has 4 fully saturated rings. The highest BCUT2D eigenvalue weighted by atomic mass is 16.2. The summed E-state index contributed by atoms with van der Waals surface area (Å²) in [6.07, 6.45) is 19.0. The third-order valence-corrected chi connectivity index (χ3v) is 11.3. The Hall–Kier alpha value is -8.15. The summed E-state index contributed by atoms with van der Waals surface area (Å²) in [5.74, 6) is 5.40. The van der Waals surface area contributed by atoms with Gasteiger partial charge in [-0.15, -0.1) is 12.8 Å². The molecule has 2 aromatic carbocycles. The van der Waals surface area contributed by atoms with Gasteiger partial charge in [0.25, 0.3) is 11.8 Å². The van der Waals surface area contributed by atoms with Crippen molar-refractivity contribution in [1.82, 2.24) is 39.6 Å². The normalized spacial score (nSPS) is 17.4. The molecule has 4 aromatic heterocycles. The molecule has 0 bridgehead atoms. The molecule has 8 heterocycles. The van der Waals surface area contributed by atoms with E-state index in [1.807, 2.05) is 42.5 Å². The molecule has 0 atom stereocenters. The highest BCUT2D eigenvalue weighted by molar-refractivity contribution is 6.24. The van der Waals surface area contributed by atoms with Crippen LogP contribution in [0.25, 0.3) is 11.3 Å². The molecular weight excluding hydrogens is 789 g/mol. The molecule has 0 saturated carbocycles. The summed E-state index contributed by atoms with van der Waals surface area (Å²) in [6.45, 7) is 2.11. The second-order valence-corrected chi connectivity index (χ2v) is 15.1. The number of amides is 8. The van der Waals surface area contributed by atoms with Gasteiger partial charge in [0.15, 0.2) is 0 Å². The van der Waals surface area contributed by atoms with Crippen molar-refractivity contribution in [2.75, 3.05) is 47.0 Å². The fourth-order valence-electron chi connectivity index (χ4n) is 7.97. The number of piperidine rings is 2. The van der Waals surface area contributed by atoms with Crippen LogP contribution in [0.1, 0.15) is 36.8 Å². The number of likely N-dealkylation sites (tertiary alicyclic amines) is 1. The van der Waals surface area contributed by atoms with Gasteiger partial charge in [-0.05, 0) is 99.4 Å². The van der Waals surface area contributed by atoms with Crippen LogP contribution in [0.2, 0.25) is 0 Å². The number of hydrogen-bond donors (Lipinski definition) is 5. The van der Waals surface area contributed by atoms with Crippen molar-refractivity contribution < 1.29 is 24.0 Å². The van der Waals surface area contributed by atoms with Gasteiger partial charge in [0, 0.05) is 48.0 Å². The standard InChI is InChI=1S/C23H20N6O3.C14H15N5O2.C8H7N/c1-2-16-6-5-7-17(14-16)25-21(31)27-12-9-23(10-13-27)20(30)29(22(32)26-23)19-15-24-18-8-3-4-11-28(18)19;20-12-14(4-6-15-7-5-14)17-13(21)19(12)11-9-16-10-3-1-2-8-18(10)11;1-2-7-4-3-5-8(9)6-7/h1,3-8,11,14-15H,9-10,12-13H2,(H,25,31)(H,26,32);1-3,8-9,15H,4-7H2,(H,17,21);1,3-6H,9H2. The molecule has 4 aliphatic rings. The first-order valence-electron chi connectivity index (χ1n) is 19.9. The summed E-state index contributed by atoms with van der Waals surface area (Å²) in [6, 6.07) is 24.2. The number of imidazole rings is 2. The van der Waals surface area contributed by atoms with E-state index in [0.717, 1.165) is 23.6 Å². The average Bonchev–Trinajstić information content (AvgIpc) is 4.03. The van der Waals surface area contributed by atoms with Gasteiger partial charge in [-0.2, -0.15) is 0 Å². The molecule has 0 radical (unpaired) electrons. The number of nitrogens with two attached hydrogens (primary N) is 1. The SMILES string of the molecule is C#Cc1cccc(N)c1.C#Cc1cccc(NC(=O)N2CCC3(CC2)NC(=O)N(c2cnc4ccccn24)C3=O)c1.O=C1NC2(CCNCC2)C(=O)N1c1cnc2ccccn12. The Morgan fingerprint density at radius 2 is 1.19 bits per heavy atom. The highest BCUT2D eigenvalue weighted by Gasteiger charge is 2.54. The molecule has 62 heavy (non-hydrogen) atoms. The van der Waals surface area contributed by atoms with Crippen molar-refractivity contribution in [2.45, 2.75) is 36.8 Å². The lowest BCUT2D eigenvalue weighted by Gasteiger charge is -2.37. The van der Waals surface area contributed by atoms with Crippen LogP contribution in [-0.4, -0.2) is 90.8 Å². The maximum Gasteiger partial charge on any atom is 0.330 e. The largest absolute Gasteiger partial charge is 0.399 e. The van der Waals surface area contributed by atoms with Gasteiger partial charge in [0.1, 0.15) is 34.0 Å². The molecule has 6 aromatic rings. The third-order valence-electron chi connectivity index (χ3n) is 11.3. The lowest BCUT2D eigenvalue weighted by atomic mass is 9.87. The van der Waals surface area contributed by atoms with E-state index in [0.29, 0.717) is 78.6 Å². The van der Waals surface area contributed by atoms with Gasteiger partial charge in [-0.25, -0.2) is 34.2 Å². The first-order chi connectivity index (χ1) is 30.0. The van der Waals surface area contributed by atoms with Crippen LogP contribution in [0.3, 0.4) is 0 Å². The molecule has 4 aliphatic heterocycles. The van der Waals surface area contributed by atoms with Crippen LogP contribution in [0, 0.1) is 24.7 Å². The van der Waals surface area contributed by atoms with Gasteiger partial charge >= 0.3 is 18.1 Å². The Morgan fingerprint density at radius 1 is 0.677 bits per heavy atom. The van der Waals surface area contributed by atoms with Gasteiger partial charge < -0.3 is 31.9 Å². The number of rotatable bonds is 3. The monoisotopic (exact) mass is 830 g/mol. The van der Waals surface area contributed by atoms with Gasteiger partial charge in [0.05, 0.1) is 12.4 Å². The maximum atomic E-state index is 13.3. The smallest absolute Gasteiger partial charge is 0.330 e. The molecule has 4 saturated heterocycles. The van der Waals surface area contributed by atoms with Crippen molar-refractivity contribution in [1.29, 1.82) is 0 Å². The number of nitrogens with one attached hydrogen (secondary N) is 4. The number of hydrogen-bond acceptors (Lipinski definition) is 9. The number of terminal acetylenes is 2. The molecule has 312 valence electrons. The Morgan fingerprint density at radius 3 is 1.71 bits per heavy atom. The van der Waals surface area contributed by atoms with Crippen molar-refractivity contribution in [2.24, 2.45) is 0 Å². The predicted octanol–water partition coefficient (Wildman–Crippen LogP) is 4.20. The number of fused-ring (bicyclic) bond motifs is 2. The zero-order chi connectivity index (χ0) is 43.4. The van der Waals surface area contributed by atoms with E-state index in [2.05, 4.69) is 43.1 Å². The van der Waals surface area contributed by atoms with E-state index in [1.165, 1.54) is 11.1 Å². The summed E-state index contributed by atoms with van der Waals surface area (Å²) in [5.41, 5.74) is 7.82. The fourth-order valence-corrected chi connectivity index (χ4v) is 7.97. The number of nitrogens with zero attached hydrogens (tertiary/aromatic N) is 7. The number of aromatic nitrogens is 4. The number of nitrogen functional groups attached to an aromatic ring is 1. The van der Waals surface area contributed by atoms with Crippen LogP contribution in [0.4, 0.5) is 37.4 Å². The summed E-state index contributed by atoms with van der Waals surface area (Å²) in [7, 11) is 0. The van der Waals surface area contributed by atoms with Gasteiger partial charge in [-0.1, -0.05) is 36.1 Å². The second kappa shape index (κ2) is 16.8. The van der Waals surface area contributed by atoms with E-state index >= 15 is 0 Å². The molecule has 0 aliphatic carbocycles. The molecule has 17 heteroatoms. The lowest BCUT2D eigenvalue weighted by molar-refractivity contribution is -0.124. The van der Waals surface area contributed by atoms with Crippen LogP contribution in [-0.2, 0) is 9.59 Å². The number of anilines is 4. The number of pyridine rings is 2. The predicted molar refractivity (Wildman–Crippen MR) is 233 cm³/mol. The van der Waals surface area contributed by atoms with E-state index in [-0.39, 0.29) is 23.9 Å². The van der Waals surface area contributed by atoms with E-state index in [9.17, 15) is 24.0 Å². The highest BCUT2D eigenvalue weighted by Crippen LogP contribution is 2.34. The first kappa shape index (κ1) is 40.6. The minimum Gasteiger partial charge on any atom is -0.399 e. The Balaban J connectivity index is 0.000000150. The molecule has 17 nitrogen and oxygen atoms in total. The quantitative estimate of drug-likeness (QED) is 0.0984. The van der Waals surface area contributed by atoms with Crippen LogP contribution >= 0.6 is 0 Å². The minimum absolute atomic E-state index is 0.181. The van der Waals surface area contributed by atoms with Crippen LogP contribution in [0.5, 0.6) is 0 Å². The minimum atomic E-state index is -1.03. The molecule has 2 spiro atoms. The Kier molecular flexibility index (Phi) is 11.0. The number of imide groups is 2. The van der Waals surface area contributed by atoms with E-state index in [1.54, 1.807) is 74.8 Å². The topological polar surface area (TPSA) is 204 Å². The fraction of sp³-hybridized carbons (Fsp3) is 0.222. The Bertz CT molecular complexity index is 2800. The van der Waals surface area contributed by atoms with Crippen molar-refractivity contribution >= 4 is 64.2 Å². The van der Waals surface area contributed by atoms with Crippen molar-refractivity contribution in [3.63, 3.8) is 0 Å². The number of carbonyl (C=O) groups is 5. The molecular formula is C45H42N12O5. The first-order valence-corrected chi connectivity index (χ1v) is 19.9. The van der Waals surface area contributed by atoms with Crippen LogP contribution in [0.15, 0.2) is 110 Å². The van der Waals surface area contributed by atoms with Crippen molar-refractivity contribution in [3.05, 3.63) is 121 Å². The lowest BCUT2D eigenvalue weighted by Crippen LogP contribution is -2.56.